The molecule has 0 aliphatic heterocycles. The van der Waals surface area contributed by atoms with Crippen molar-refractivity contribution in [3.8, 4) is 5.75 Å². The highest BCUT2D eigenvalue weighted by Gasteiger charge is 2.33. The number of rotatable bonds is 3. The Balaban J connectivity index is 2.44. The Kier molecular flexibility index (Phi) is 4.53. The lowest BCUT2D eigenvalue weighted by molar-refractivity contribution is -0.275. The second-order valence-corrected chi connectivity index (χ2v) is 5.07. The molecule has 1 N–H and O–H groups in total. The van der Waals surface area contributed by atoms with Gasteiger partial charge < -0.3 is 9.84 Å². The van der Waals surface area contributed by atoms with Gasteiger partial charge in [-0.3, -0.25) is 0 Å². The van der Waals surface area contributed by atoms with E-state index in [4.69, 9.17) is 0 Å². The molecule has 2 aromatic rings. The zero-order chi connectivity index (χ0) is 15.6. The number of aliphatic hydroxyl groups excluding tert-OH is 1. The van der Waals surface area contributed by atoms with E-state index in [-0.39, 0.29) is 11.1 Å². The van der Waals surface area contributed by atoms with E-state index in [2.05, 4.69) is 20.7 Å². The number of hydrogen-bond acceptors (Lipinski definition) is 2. The van der Waals surface area contributed by atoms with E-state index >= 15 is 0 Å². The highest BCUT2D eigenvalue weighted by molar-refractivity contribution is 9.10. The standard InChI is InChI=1S/C14H9BrF4O2/c15-8-5-6-11(16)10(7-8)13(20)9-3-1-2-4-12(9)21-14(17,18)19/h1-7,13,20H. The van der Waals surface area contributed by atoms with Crippen LogP contribution >= 0.6 is 15.9 Å². The number of hydrogen-bond donors (Lipinski definition) is 1. The Morgan fingerprint density at radius 2 is 1.71 bits per heavy atom. The van der Waals surface area contributed by atoms with E-state index in [0.717, 1.165) is 12.1 Å². The van der Waals surface area contributed by atoms with Gasteiger partial charge in [-0.05, 0) is 24.3 Å². The summed E-state index contributed by atoms with van der Waals surface area (Å²) < 4.78 is 55.1. The van der Waals surface area contributed by atoms with Crippen molar-refractivity contribution in [2.24, 2.45) is 0 Å². The van der Waals surface area contributed by atoms with Gasteiger partial charge in [0.05, 0.1) is 0 Å². The second kappa shape index (κ2) is 6.03. The molecule has 0 amide bonds. The predicted octanol–water partition coefficient (Wildman–Crippen LogP) is 4.57. The van der Waals surface area contributed by atoms with Crippen LogP contribution in [0.15, 0.2) is 46.9 Å². The molecule has 0 spiro atoms. The molecule has 0 fully saturated rings. The maximum Gasteiger partial charge on any atom is 0.573 e. The molecule has 112 valence electrons. The molecule has 21 heavy (non-hydrogen) atoms. The van der Waals surface area contributed by atoms with Gasteiger partial charge in [0.1, 0.15) is 17.7 Å². The second-order valence-electron chi connectivity index (χ2n) is 4.15. The van der Waals surface area contributed by atoms with Crippen molar-refractivity contribution in [3.05, 3.63) is 63.9 Å². The topological polar surface area (TPSA) is 29.5 Å². The van der Waals surface area contributed by atoms with Gasteiger partial charge in [0.2, 0.25) is 0 Å². The fraction of sp³-hybridized carbons (Fsp3) is 0.143. The van der Waals surface area contributed by atoms with Crippen LogP contribution in [0.25, 0.3) is 0 Å². The molecule has 2 aromatic carbocycles. The summed E-state index contributed by atoms with van der Waals surface area (Å²) in [7, 11) is 0. The fourth-order valence-electron chi connectivity index (χ4n) is 1.82. The lowest BCUT2D eigenvalue weighted by Crippen LogP contribution is -2.19. The van der Waals surface area contributed by atoms with Gasteiger partial charge in [-0.2, -0.15) is 0 Å². The smallest absolute Gasteiger partial charge is 0.405 e. The van der Waals surface area contributed by atoms with Gasteiger partial charge >= 0.3 is 6.36 Å². The summed E-state index contributed by atoms with van der Waals surface area (Å²) in [5.74, 6) is -1.30. The molecule has 0 aliphatic carbocycles. The van der Waals surface area contributed by atoms with Crippen LogP contribution in [0.3, 0.4) is 0 Å². The van der Waals surface area contributed by atoms with Crippen molar-refractivity contribution in [3.63, 3.8) is 0 Å². The van der Waals surface area contributed by atoms with Gasteiger partial charge in [0, 0.05) is 15.6 Å². The molecule has 0 aromatic heterocycles. The van der Waals surface area contributed by atoms with E-state index in [1.54, 1.807) is 0 Å². The van der Waals surface area contributed by atoms with Crippen molar-refractivity contribution in [2.75, 3.05) is 0 Å². The van der Waals surface area contributed by atoms with Crippen molar-refractivity contribution < 1.29 is 27.4 Å². The molecular weight excluding hydrogens is 356 g/mol. The molecule has 7 heteroatoms. The number of benzene rings is 2. The summed E-state index contributed by atoms with van der Waals surface area (Å²) in [6.07, 6.45) is -6.48. The molecule has 0 saturated heterocycles. The van der Waals surface area contributed by atoms with Crippen molar-refractivity contribution in [1.82, 2.24) is 0 Å². The van der Waals surface area contributed by atoms with Gasteiger partial charge in [0.25, 0.3) is 0 Å². The first-order valence-electron chi connectivity index (χ1n) is 5.75. The average Bonchev–Trinajstić information content (AvgIpc) is 2.39. The number of aliphatic hydroxyl groups is 1. The van der Waals surface area contributed by atoms with E-state index in [0.29, 0.717) is 4.47 Å². The van der Waals surface area contributed by atoms with Crippen LogP contribution in [-0.2, 0) is 0 Å². The molecule has 1 atom stereocenters. The third-order valence-electron chi connectivity index (χ3n) is 2.69. The summed E-state index contributed by atoms with van der Waals surface area (Å²) in [6, 6.07) is 8.88. The molecule has 2 nitrogen and oxygen atoms in total. The minimum atomic E-state index is -4.90. The third kappa shape index (κ3) is 3.95. The number of ether oxygens (including phenoxy) is 1. The zero-order valence-electron chi connectivity index (χ0n) is 10.4. The Hall–Kier alpha value is -1.60. The summed E-state index contributed by atoms with van der Waals surface area (Å²) in [6.45, 7) is 0. The first-order chi connectivity index (χ1) is 9.78. The van der Waals surface area contributed by atoms with Gasteiger partial charge in [-0.25, -0.2) is 4.39 Å². The molecule has 2 rings (SSSR count). The minimum Gasteiger partial charge on any atom is -0.405 e. The summed E-state index contributed by atoms with van der Waals surface area (Å²) >= 11 is 3.12. The van der Waals surface area contributed by atoms with Crippen LogP contribution in [0.5, 0.6) is 5.75 Å². The van der Waals surface area contributed by atoms with Crippen LogP contribution in [-0.4, -0.2) is 11.5 Å². The predicted molar refractivity (Wildman–Crippen MR) is 71.3 cm³/mol. The van der Waals surface area contributed by atoms with Gasteiger partial charge in [-0.15, -0.1) is 13.2 Å². The van der Waals surface area contributed by atoms with Crippen LogP contribution in [0.4, 0.5) is 17.6 Å². The summed E-state index contributed by atoms with van der Waals surface area (Å²) in [5, 5.41) is 10.2. The molecule has 0 radical (unpaired) electrons. The largest absolute Gasteiger partial charge is 0.573 e. The molecule has 0 aliphatic rings. The SMILES string of the molecule is OC(c1cc(Br)ccc1F)c1ccccc1OC(F)(F)F. The first-order valence-corrected chi connectivity index (χ1v) is 6.55. The van der Waals surface area contributed by atoms with E-state index in [1.807, 2.05) is 0 Å². The van der Waals surface area contributed by atoms with Crippen molar-refractivity contribution in [1.29, 1.82) is 0 Å². The minimum absolute atomic E-state index is 0.150. The first kappa shape index (κ1) is 15.8. The molecule has 0 heterocycles. The third-order valence-corrected chi connectivity index (χ3v) is 3.19. The zero-order valence-corrected chi connectivity index (χ0v) is 12.0. The summed E-state index contributed by atoms with van der Waals surface area (Å²) in [5.41, 5.74) is -0.325. The van der Waals surface area contributed by atoms with E-state index < -0.39 is 24.0 Å². The molecular formula is C14H9BrF4O2. The lowest BCUT2D eigenvalue weighted by Gasteiger charge is -2.18. The average molecular weight is 365 g/mol. The maximum absolute atomic E-state index is 13.7. The Bertz CT molecular complexity index is 643. The molecule has 0 saturated carbocycles. The van der Waals surface area contributed by atoms with E-state index in [9.17, 15) is 22.7 Å². The lowest BCUT2D eigenvalue weighted by atomic mass is 10.0. The fourth-order valence-corrected chi connectivity index (χ4v) is 2.19. The highest BCUT2D eigenvalue weighted by atomic mass is 79.9. The molecule has 0 bridgehead atoms. The van der Waals surface area contributed by atoms with Crippen molar-refractivity contribution in [2.45, 2.75) is 12.5 Å². The Labute approximate surface area is 126 Å². The number of alkyl halides is 3. The number of para-hydroxylation sites is 1. The van der Waals surface area contributed by atoms with Crippen LogP contribution in [0.1, 0.15) is 17.2 Å². The normalized spacial score (nSPS) is 13.0. The Morgan fingerprint density at radius 1 is 1.05 bits per heavy atom. The number of halogens is 5. The van der Waals surface area contributed by atoms with Crippen molar-refractivity contribution >= 4 is 15.9 Å². The van der Waals surface area contributed by atoms with Gasteiger partial charge in [-0.1, -0.05) is 34.1 Å². The monoisotopic (exact) mass is 364 g/mol. The van der Waals surface area contributed by atoms with Crippen LogP contribution in [0, 0.1) is 5.82 Å². The maximum atomic E-state index is 13.7. The van der Waals surface area contributed by atoms with Gasteiger partial charge in [0.15, 0.2) is 0 Å². The highest BCUT2D eigenvalue weighted by Crippen LogP contribution is 2.34. The van der Waals surface area contributed by atoms with E-state index in [1.165, 1.54) is 30.3 Å². The summed E-state index contributed by atoms with van der Waals surface area (Å²) in [4.78, 5) is 0. The van der Waals surface area contributed by atoms with Crippen LogP contribution < -0.4 is 4.74 Å². The van der Waals surface area contributed by atoms with Crippen LogP contribution in [0.2, 0.25) is 0 Å². The molecule has 1 unspecified atom stereocenters. The Morgan fingerprint density at radius 3 is 2.38 bits per heavy atom. The quantitative estimate of drug-likeness (QED) is 0.808.